The standard InChI is InChI=1S/C19H21N5O3/c1-12(2)27-14-9-7-13(8-10-14)24-18(20)22-19(23-24)21-16-5-4-6-17(26-3)15(16)11-25/h4-10,12,16H,1-3H3,(H3,20,21,22,23). The number of hydrogen-bond acceptors (Lipinski definition) is 7. The summed E-state index contributed by atoms with van der Waals surface area (Å²) in [5.41, 5.74) is 7.08. The molecule has 0 fully saturated rings. The topological polar surface area (TPSA) is 104 Å². The van der Waals surface area contributed by atoms with Crippen molar-refractivity contribution in [3.05, 3.63) is 53.8 Å². The van der Waals surface area contributed by atoms with E-state index in [-0.39, 0.29) is 18.0 Å². The van der Waals surface area contributed by atoms with Crippen LogP contribution in [-0.2, 0) is 9.53 Å². The lowest BCUT2D eigenvalue weighted by molar-refractivity contribution is 0.242. The van der Waals surface area contributed by atoms with E-state index < -0.39 is 6.04 Å². The Balaban J connectivity index is 1.80. The molecule has 8 nitrogen and oxygen atoms in total. The number of methoxy groups -OCH3 is 1. The Kier molecular flexibility index (Phi) is 5.28. The predicted octanol–water partition coefficient (Wildman–Crippen LogP) is 2.28. The molecule has 1 unspecified atom stereocenters. The van der Waals surface area contributed by atoms with Crippen molar-refractivity contribution in [2.75, 3.05) is 18.2 Å². The Morgan fingerprint density at radius 3 is 2.67 bits per heavy atom. The maximum absolute atomic E-state index is 11.3. The van der Waals surface area contributed by atoms with E-state index in [1.807, 2.05) is 44.1 Å². The van der Waals surface area contributed by atoms with Gasteiger partial charge in [0.05, 0.1) is 24.9 Å². The molecule has 1 aliphatic carbocycles. The van der Waals surface area contributed by atoms with Crippen LogP contribution in [0.3, 0.4) is 0 Å². The molecule has 0 amide bonds. The lowest BCUT2D eigenvalue weighted by atomic mass is 10.0. The van der Waals surface area contributed by atoms with Gasteiger partial charge in [0.25, 0.3) is 0 Å². The first-order valence-electron chi connectivity index (χ1n) is 8.46. The summed E-state index contributed by atoms with van der Waals surface area (Å²) in [6.45, 7) is 3.93. The molecule has 0 aliphatic heterocycles. The second kappa shape index (κ2) is 7.80. The van der Waals surface area contributed by atoms with Crippen LogP contribution in [0.5, 0.6) is 5.75 Å². The zero-order valence-corrected chi connectivity index (χ0v) is 15.3. The molecule has 0 spiro atoms. The third-order valence-electron chi connectivity index (χ3n) is 3.83. The summed E-state index contributed by atoms with van der Waals surface area (Å²) in [6.07, 6.45) is 5.36. The minimum Gasteiger partial charge on any atom is -0.496 e. The summed E-state index contributed by atoms with van der Waals surface area (Å²) in [7, 11) is 1.50. The van der Waals surface area contributed by atoms with Crippen LogP contribution in [0, 0.1) is 0 Å². The molecule has 1 atom stereocenters. The summed E-state index contributed by atoms with van der Waals surface area (Å²) in [5.74, 6) is 3.61. The number of nitrogen functional groups attached to an aromatic ring is 1. The van der Waals surface area contributed by atoms with Crippen molar-refractivity contribution in [3.63, 3.8) is 0 Å². The van der Waals surface area contributed by atoms with Crippen LogP contribution in [0.1, 0.15) is 13.8 Å². The van der Waals surface area contributed by atoms with Gasteiger partial charge in [0.1, 0.15) is 23.0 Å². The maximum Gasteiger partial charge on any atom is 0.245 e. The van der Waals surface area contributed by atoms with Gasteiger partial charge in [0.2, 0.25) is 11.9 Å². The molecule has 3 N–H and O–H groups in total. The van der Waals surface area contributed by atoms with Gasteiger partial charge in [-0.25, -0.2) is 4.79 Å². The lowest BCUT2D eigenvalue weighted by Gasteiger charge is -2.19. The minimum atomic E-state index is -0.459. The first-order chi connectivity index (χ1) is 13.0. The van der Waals surface area contributed by atoms with E-state index in [0.29, 0.717) is 11.3 Å². The summed E-state index contributed by atoms with van der Waals surface area (Å²) in [6, 6.07) is 6.91. The van der Waals surface area contributed by atoms with Gasteiger partial charge in [-0.1, -0.05) is 12.2 Å². The fourth-order valence-corrected chi connectivity index (χ4v) is 2.66. The van der Waals surface area contributed by atoms with E-state index in [4.69, 9.17) is 15.2 Å². The van der Waals surface area contributed by atoms with E-state index in [9.17, 15) is 4.79 Å². The summed E-state index contributed by atoms with van der Waals surface area (Å²) >= 11 is 0. The van der Waals surface area contributed by atoms with Gasteiger partial charge in [-0.2, -0.15) is 9.67 Å². The third-order valence-corrected chi connectivity index (χ3v) is 3.83. The molecule has 0 saturated carbocycles. The fraction of sp³-hybridized carbons (Fsp3) is 0.263. The third kappa shape index (κ3) is 4.02. The Bertz CT molecular complexity index is 921. The molecular weight excluding hydrogens is 346 g/mol. The Labute approximate surface area is 157 Å². The molecule has 1 aliphatic rings. The number of allylic oxidation sites excluding steroid dienone is 2. The van der Waals surface area contributed by atoms with Crippen LogP contribution in [0.15, 0.2) is 53.8 Å². The number of benzene rings is 1. The molecule has 0 bridgehead atoms. The van der Waals surface area contributed by atoms with Crippen LogP contribution in [-0.4, -0.2) is 40.0 Å². The first kappa shape index (κ1) is 18.3. The molecule has 1 aromatic carbocycles. The van der Waals surface area contributed by atoms with Crippen molar-refractivity contribution >= 4 is 17.8 Å². The second-order valence-electron chi connectivity index (χ2n) is 6.12. The van der Waals surface area contributed by atoms with Crippen LogP contribution < -0.4 is 15.8 Å². The molecule has 0 saturated heterocycles. The smallest absolute Gasteiger partial charge is 0.245 e. The Hall–Kier alpha value is -3.51. The number of aromatic nitrogens is 3. The van der Waals surface area contributed by atoms with Crippen LogP contribution in [0.4, 0.5) is 11.9 Å². The van der Waals surface area contributed by atoms with Crippen molar-refractivity contribution in [3.8, 4) is 11.4 Å². The van der Waals surface area contributed by atoms with E-state index in [1.54, 1.807) is 18.2 Å². The van der Waals surface area contributed by atoms with Crippen molar-refractivity contribution in [2.45, 2.75) is 26.0 Å². The molecule has 8 heteroatoms. The number of nitrogens with zero attached hydrogens (tertiary/aromatic N) is 3. The second-order valence-corrected chi connectivity index (χ2v) is 6.12. The fourth-order valence-electron chi connectivity index (χ4n) is 2.66. The zero-order chi connectivity index (χ0) is 19.4. The monoisotopic (exact) mass is 367 g/mol. The van der Waals surface area contributed by atoms with Crippen LogP contribution in [0.25, 0.3) is 5.69 Å². The van der Waals surface area contributed by atoms with E-state index in [2.05, 4.69) is 15.4 Å². The van der Waals surface area contributed by atoms with Crippen LogP contribution in [0.2, 0.25) is 0 Å². The lowest BCUT2D eigenvalue weighted by Crippen LogP contribution is -2.24. The van der Waals surface area contributed by atoms with Gasteiger partial charge in [-0.05, 0) is 44.2 Å². The SMILES string of the molecule is COC1=CC=CC(Nc2nc(N)n(-c3ccc(OC(C)C)cc3)n2)C1=C=O. The molecular formula is C19H21N5O3. The first-order valence-corrected chi connectivity index (χ1v) is 8.46. The summed E-state index contributed by atoms with van der Waals surface area (Å²) < 4.78 is 12.3. The highest BCUT2D eigenvalue weighted by Gasteiger charge is 2.22. The normalized spacial score (nSPS) is 16.1. The van der Waals surface area contributed by atoms with Gasteiger partial charge in [0, 0.05) is 0 Å². The predicted molar refractivity (Wildman–Crippen MR) is 102 cm³/mol. The number of nitrogens with two attached hydrogens (primary N) is 1. The average molecular weight is 367 g/mol. The number of anilines is 2. The van der Waals surface area contributed by atoms with E-state index in [0.717, 1.165) is 11.4 Å². The summed E-state index contributed by atoms with van der Waals surface area (Å²) in [4.78, 5) is 15.5. The number of carbonyl (C=O) groups excluding carboxylic acids is 1. The van der Waals surface area contributed by atoms with Gasteiger partial charge in [-0.3, -0.25) is 0 Å². The number of ether oxygens (including phenoxy) is 2. The van der Waals surface area contributed by atoms with Gasteiger partial charge < -0.3 is 20.5 Å². The molecule has 3 rings (SSSR count). The molecule has 27 heavy (non-hydrogen) atoms. The largest absolute Gasteiger partial charge is 0.496 e. The van der Waals surface area contributed by atoms with E-state index >= 15 is 0 Å². The van der Waals surface area contributed by atoms with Crippen molar-refractivity contribution in [1.29, 1.82) is 0 Å². The van der Waals surface area contributed by atoms with Crippen LogP contribution >= 0.6 is 0 Å². The van der Waals surface area contributed by atoms with Gasteiger partial charge >= 0.3 is 0 Å². The molecule has 0 radical (unpaired) electrons. The average Bonchev–Trinajstić information content (AvgIpc) is 3.01. The van der Waals surface area contributed by atoms with Gasteiger partial charge in [-0.15, -0.1) is 5.10 Å². The van der Waals surface area contributed by atoms with Gasteiger partial charge in [0.15, 0.2) is 0 Å². The number of nitrogens with one attached hydrogen (secondary N) is 1. The molecule has 2 aromatic rings. The number of rotatable bonds is 6. The molecule has 1 aromatic heterocycles. The Morgan fingerprint density at radius 1 is 1.30 bits per heavy atom. The molecule has 140 valence electrons. The van der Waals surface area contributed by atoms with Crippen molar-refractivity contribution in [2.24, 2.45) is 0 Å². The Morgan fingerprint density at radius 2 is 2.04 bits per heavy atom. The van der Waals surface area contributed by atoms with E-state index in [1.165, 1.54) is 11.8 Å². The highest BCUT2D eigenvalue weighted by atomic mass is 16.5. The highest BCUT2D eigenvalue weighted by Crippen LogP contribution is 2.23. The maximum atomic E-state index is 11.3. The van der Waals surface area contributed by atoms with Crippen molar-refractivity contribution in [1.82, 2.24) is 14.8 Å². The summed E-state index contributed by atoms with van der Waals surface area (Å²) in [5, 5.41) is 7.44. The minimum absolute atomic E-state index is 0.0951. The highest BCUT2D eigenvalue weighted by molar-refractivity contribution is 5.66. The molecule has 1 heterocycles. The quantitative estimate of drug-likeness (QED) is 0.755. The zero-order valence-electron chi connectivity index (χ0n) is 15.3. The number of hydrogen-bond donors (Lipinski definition) is 2. The van der Waals surface area contributed by atoms with Crippen molar-refractivity contribution < 1.29 is 14.3 Å².